The molecule has 36 heavy (non-hydrogen) atoms. The Bertz CT molecular complexity index is 1410. The van der Waals surface area contributed by atoms with Crippen LogP contribution >= 0.6 is 11.3 Å². The zero-order valence-corrected chi connectivity index (χ0v) is 20.4. The Kier molecular flexibility index (Phi) is 6.64. The number of ether oxygens (including phenoxy) is 1. The summed E-state index contributed by atoms with van der Waals surface area (Å²) in [5, 5.41) is 13.1. The molecule has 0 bridgehead atoms. The van der Waals surface area contributed by atoms with Crippen LogP contribution in [0.3, 0.4) is 0 Å². The van der Waals surface area contributed by atoms with Crippen molar-refractivity contribution in [2.24, 2.45) is 0 Å². The van der Waals surface area contributed by atoms with E-state index in [-0.39, 0.29) is 17.9 Å². The van der Waals surface area contributed by atoms with Gasteiger partial charge >= 0.3 is 0 Å². The molecule has 0 spiro atoms. The van der Waals surface area contributed by atoms with Crippen LogP contribution < -0.4 is 4.74 Å². The molecule has 1 fully saturated rings. The third-order valence-corrected chi connectivity index (χ3v) is 7.00. The fourth-order valence-corrected chi connectivity index (χ4v) is 5.15. The molecule has 0 saturated carbocycles. The Morgan fingerprint density at radius 1 is 1.00 bits per heavy atom. The molecule has 5 rings (SSSR count). The molecular formula is C29H24N2O4S. The summed E-state index contributed by atoms with van der Waals surface area (Å²) >= 11 is 1.44. The number of thiophene rings is 1. The molecule has 1 amide bonds. The van der Waals surface area contributed by atoms with Crippen LogP contribution in [0.4, 0.5) is 0 Å². The lowest BCUT2D eigenvalue weighted by molar-refractivity contribution is -0.140. The van der Waals surface area contributed by atoms with Crippen LogP contribution in [0, 0.1) is 6.92 Å². The van der Waals surface area contributed by atoms with E-state index in [4.69, 9.17) is 4.74 Å². The van der Waals surface area contributed by atoms with E-state index in [1.165, 1.54) is 16.2 Å². The maximum absolute atomic E-state index is 13.1. The molecule has 1 atom stereocenters. The fourth-order valence-electron chi connectivity index (χ4n) is 4.30. The van der Waals surface area contributed by atoms with E-state index in [9.17, 15) is 14.7 Å². The first-order chi connectivity index (χ1) is 17.5. The maximum atomic E-state index is 13.1. The van der Waals surface area contributed by atoms with E-state index >= 15 is 0 Å². The van der Waals surface area contributed by atoms with Crippen LogP contribution in [0.2, 0.25) is 0 Å². The predicted molar refractivity (Wildman–Crippen MR) is 138 cm³/mol. The minimum atomic E-state index is -0.695. The minimum absolute atomic E-state index is 0.0879. The second kappa shape index (κ2) is 10.2. The lowest BCUT2D eigenvalue weighted by Crippen LogP contribution is -2.28. The number of pyridine rings is 1. The summed E-state index contributed by atoms with van der Waals surface area (Å²) in [4.78, 5) is 32.5. The van der Waals surface area contributed by atoms with Gasteiger partial charge in [0.1, 0.15) is 18.1 Å². The Labute approximate surface area is 213 Å². The van der Waals surface area contributed by atoms with Crippen molar-refractivity contribution < 1.29 is 19.4 Å². The first-order valence-corrected chi connectivity index (χ1v) is 12.4. The average molecular weight is 497 g/mol. The smallest absolute Gasteiger partial charge is 0.295 e. The molecule has 1 aliphatic heterocycles. The molecule has 1 saturated heterocycles. The summed E-state index contributed by atoms with van der Waals surface area (Å²) in [5.74, 6) is -0.889. The SMILES string of the molecule is Cc1cccc(COc2ccc(C(O)=C3C(=O)C(=O)N(Cc4ccncc4)C3c3cccs3)cc2)c1. The van der Waals surface area contributed by atoms with Crippen LogP contribution in [0.25, 0.3) is 5.76 Å². The molecule has 2 aromatic carbocycles. The van der Waals surface area contributed by atoms with Gasteiger partial charge in [0, 0.05) is 29.4 Å². The Hall–Kier alpha value is -4.23. The number of aliphatic hydroxyl groups excluding tert-OH is 1. The van der Waals surface area contributed by atoms with Gasteiger partial charge in [-0.15, -0.1) is 11.3 Å². The quantitative estimate of drug-likeness (QED) is 0.203. The molecule has 2 aromatic heterocycles. The first-order valence-electron chi connectivity index (χ1n) is 11.5. The van der Waals surface area contributed by atoms with Crippen LogP contribution in [0.15, 0.2) is 96.1 Å². The van der Waals surface area contributed by atoms with Gasteiger partial charge in [-0.3, -0.25) is 14.6 Å². The summed E-state index contributed by atoms with van der Waals surface area (Å²) in [5.41, 5.74) is 3.61. The zero-order chi connectivity index (χ0) is 25.1. The molecule has 3 heterocycles. The lowest BCUT2D eigenvalue weighted by atomic mass is 9.99. The molecule has 0 aliphatic carbocycles. The number of Topliss-reactive ketones (excluding diaryl/α,β-unsaturated/α-hetero) is 1. The minimum Gasteiger partial charge on any atom is -0.507 e. The number of hydrogen-bond donors (Lipinski definition) is 1. The number of aromatic nitrogens is 1. The van der Waals surface area contributed by atoms with Crippen LogP contribution in [0.1, 0.15) is 33.2 Å². The second-order valence-electron chi connectivity index (χ2n) is 8.60. The number of ketones is 1. The van der Waals surface area contributed by atoms with Gasteiger partial charge in [0.05, 0.1) is 11.6 Å². The summed E-state index contributed by atoms with van der Waals surface area (Å²) in [6.07, 6.45) is 3.29. The third-order valence-electron chi connectivity index (χ3n) is 6.07. The molecular weight excluding hydrogens is 472 g/mol. The highest BCUT2D eigenvalue weighted by Gasteiger charge is 2.46. The van der Waals surface area contributed by atoms with Gasteiger partial charge in [0.2, 0.25) is 0 Å². The van der Waals surface area contributed by atoms with Crippen molar-refractivity contribution in [1.29, 1.82) is 0 Å². The van der Waals surface area contributed by atoms with Crippen molar-refractivity contribution in [3.05, 3.63) is 123 Å². The molecule has 1 N–H and O–H groups in total. The highest BCUT2D eigenvalue weighted by Crippen LogP contribution is 2.42. The van der Waals surface area contributed by atoms with Gasteiger partial charge in [0.15, 0.2) is 0 Å². The number of aliphatic hydroxyl groups is 1. The standard InChI is InChI=1S/C29H24N2O4S/c1-19-4-2-5-21(16-19)18-35-23-9-7-22(8-10-23)27(32)25-26(24-6-3-15-36-24)31(29(34)28(25)33)17-20-11-13-30-14-12-20/h2-16,26,32H,17-18H2,1H3. The van der Waals surface area contributed by atoms with E-state index in [0.717, 1.165) is 21.6 Å². The van der Waals surface area contributed by atoms with E-state index in [2.05, 4.69) is 11.1 Å². The van der Waals surface area contributed by atoms with Gasteiger partial charge in [-0.05, 0) is 65.9 Å². The largest absolute Gasteiger partial charge is 0.507 e. The Morgan fingerprint density at radius 2 is 1.78 bits per heavy atom. The number of aryl methyl sites for hydroxylation is 1. The summed E-state index contributed by atoms with van der Waals surface area (Å²) in [6, 6.07) is 21.7. The summed E-state index contributed by atoms with van der Waals surface area (Å²) < 4.78 is 5.88. The van der Waals surface area contributed by atoms with Crippen molar-refractivity contribution in [1.82, 2.24) is 9.88 Å². The Balaban J connectivity index is 1.43. The normalized spacial score (nSPS) is 16.9. The van der Waals surface area contributed by atoms with Crippen molar-refractivity contribution in [2.45, 2.75) is 26.1 Å². The second-order valence-corrected chi connectivity index (χ2v) is 9.58. The highest BCUT2D eigenvalue weighted by atomic mass is 32.1. The Morgan fingerprint density at radius 3 is 2.47 bits per heavy atom. The fraction of sp³-hybridized carbons (Fsp3) is 0.138. The predicted octanol–water partition coefficient (Wildman–Crippen LogP) is 5.65. The van der Waals surface area contributed by atoms with Gasteiger partial charge < -0.3 is 14.7 Å². The highest BCUT2D eigenvalue weighted by molar-refractivity contribution is 7.10. The average Bonchev–Trinajstić information content (AvgIpc) is 3.51. The van der Waals surface area contributed by atoms with Crippen molar-refractivity contribution in [3.8, 4) is 5.75 Å². The zero-order valence-electron chi connectivity index (χ0n) is 19.6. The van der Waals surface area contributed by atoms with Crippen LogP contribution in [0.5, 0.6) is 5.75 Å². The maximum Gasteiger partial charge on any atom is 0.295 e. The number of amides is 1. The van der Waals surface area contributed by atoms with Crippen LogP contribution in [-0.4, -0.2) is 26.7 Å². The number of carbonyl (C=O) groups is 2. The van der Waals surface area contributed by atoms with E-state index in [0.29, 0.717) is 17.9 Å². The number of hydrogen-bond acceptors (Lipinski definition) is 6. The van der Waals surface area contributed by atoms with E-state index < -0.39 is 17.7 Å². The van der Waals surface area contributed by atoms with Crippen molar-refractivity contribution in [2.75, 3.05) is 0 Å². The molecule has 7 heteroatoms. The van der Waals surface area contributed by atoms with Gasteiger partial charge in [-0.25, -0.2) is 0 Å². The number of benzene rings is 2. The lowest BCUT2D eigenvalue weighted by Gasteiger charge is -2.24. The van der Waals surface area contributed by atoms with Gasteiger partial charge in [0.25, 0.3) is 11.7 Å². The summed E-state index contributed by atoms with van der Waals surface area (Å²) in [7, 11) is 0. The number of likely N-dealkylation sites (tertiary alicyclic amines) is 1. The molecule has 0 radical (unpaired) electrons. The molecule has 1 unspecified atom stereocenters. The summed E-state index contributed by atoms with van der Waals surface area (Å²) in [6.45, 7) is 2.69. The number of rotatable bonds is 7. The van der Waals surface area contributed by atoms with Crippen molar-refractivity contribution in [3.63, 3.8) is 0 Å². The number of nitrogens with zero attached hydrogens (tertiary/aromatic N) is 2. The monoisotopic (exact) mass is 496 g/mol. The van der Waals surface area contributed by atoms with E-state index in [1.54, 1.807) is 48.8 Å². The first kappa shape index (κ1) is 23.5. The molecule has 180 valence electrons. The molecule has 4 aromatic rings. The van der Waals surface area contributed by atoms with Crippen LogP contribution in [-0.2, 0) is 22.7 Å². The van der Waals surface area contributed by atoms with E-state index in [1.807, 2.05) is 42.6 Å². The van der Waals surface area contributed by atoms with Gasteiger partial charge in [-0.1, -0.05) is 35.9 Å². The topological polar surface area (TPSA) is 79.7 Å². The molecule has 6 nitrogen and oxygen atoms in total. The van der Waals surface area contributed by atoms with Crippen molar-refractivity contribution >= 4 is 28.8 Å². The van der Waals surface area contributed by atoms with Gasteiger partial charge in [-0.2, -0.15) is 0 Å². The molecule has 1 aliphatic rings. The number of carbonyl (C=O) groups excluding carboxylic acids is 2. The third kappa shape index (κ3) is 4.78.